The summed E-state index contributed by atoms with van der Waals surface area (Å²) in [7, 11) is 1.42. The highest BCUT2D eigenvalue weighted by Gasteiger charge is 2.26. The zero-order valence-corrected chi connectivity index (χ0v) is 12.8. The molecule has 0 saturated heterocycles. The van der Waals surface area contributed by atoms with Crippen LogP contribution in [0.1, 0.15) is 29.3 Å². The first-order valence-electron chi connectivity index (χ1n) is 7.06. The number of fused-ring (bicyclic) bond motifs is 2. The number of aryl methyl sites for hydroxylation is 1. The van der Waals surface area contributed by atoms with E-state index in [1.165, 1.54) is 7.11 Å². The van der Waals surface area contributed by atoms with Gasteiger partial charge in [0.05, 0.1) is 18.4 Å². The number of pyridine rings is 1. The number of thioether (sulfide) groups is 1. The maximum atomic E-state index is 11.4. The largest absolute Gasteiger partial charge is 0.468 e. The van der Waals surface area contributed by atoms with Crippen molar-refractivity contribution in [1.29, 1.82) is 0 Å². The van der Waals surface area contributed by atoms with Crippen molar-refractivity contribution in [2.24, 2.45) is 0 Å². The molecule has 1 atom stereocenters. The van der Waals surface area contributed by atoms with E-state index in [2.05, 4.69) is 0 Å². The Morgan fingerprint density at radius 1 is 1.48 bits per heavy atom. The van der Waals surface area contributed by atoms with Gasteiger partial charge in [-0.25, -0.2) is 0 Å². The molecule has 1 heterocycles. The van der Waals surface area contributed by atoms with Crippen molar-refractivity contribution in [2.75, 3.05) is 18.6 Å². The monoisotopic (exact) mass is 302 g/mol. The molecule has 4 nitrogen and oxygen atoms in total. The van der Waals surface area contributed by atoms with Gasteiger partial charge < -0.3 is 10.5 Å². The van der Waals surface area contributed by atoms with Crippen molar-refractivity contribution < 1.29 is 9.53 Å². The second-order valence-electron chi connectivity index (χ2n) is 5.17. The molecule has 5 heteroatoms. The third kappa shape index (κ3) is 2.70. The number of para-hydroxylation sites is 1. The lowest BCUT2D eigenvalue weighted by atomic mass is 9.92. The van der Waals surface area contributed by atoms with Crippen molar-refractivity contribution in [1.82, 2.24) is 4.98 Å². The van der Waals surface area contributed by atoms with Gasteiger partial charge in [-0.15, -0.1) is 11.8 Å². The number of rotatable bonds is 3. The van der Waals surface area contributed by atoms with Crippen LogP contribution in [-0.2, 0) is 16.0 Å². The van der Waals surface area contributed by atoms with Gasteiger partial charge in [-0.05, 0) is 25.3 Å². The second-order valence-corrected chi connectivity index (χ2v) is 6.36. The van der Waals surface area contributed by atoms with Crippen LogP contribution >= 0.6 is 11.8 Å². The molecule has 0 fully saturated rings. The topological polar surface area (TPSA) is 65.2 Å². The Labute approximate surface area is 128 Å². The molecule has 3 rings (SSSR count). The van der Waals surface area contributed by atoms with E-state index in [9.17, 15) is 4.79 Å². The summed E-state index contributed by atoms with van der Waals surface area (Å²) in [6, 6.07) is 7.96. The van der Waals surface area contributed by atoms with E-state index < -0.39 is 0 Å². The zero-order valence-electron chi connectivity index (χ0n) is 12.0. The minimum absolute atomic E-state index is 0.195. The Hall–Kier alpha value is -1.75. The smallest absolute Gasteiger partial charge is 0.315 e. The molecule has 0 bridgehead atoms. The van der Waals surface area contributed by atoms with Gasteiger partial charge in [-0.3, -0.25) is 9.78 Å². The number of anilines is 1. The van der Waals surface area contributed by atoms with Crippen LogP contribution < -0.4 is 5.73 Å². The predicted octanol–water partition coefficient (Wildman–Crippen LogP) is 3.10. The summed E-state index contributed by atoms with van der Waals surface area (Å²) in [6.07, 6.45) is 3.06. The summed E-state index contributed by atoms with van der Waals surface area (Å²) in [4.78, 5) is 16.1. The third-order valence-electron chi connectivity index (χ3n) is 3.88. The van der Waals surface area contributed by atoms with Crippen LogP contribution in [0.2, 0.25) is 0 Å². The standard InChI is InChI=1S/C16H18N2O2S/c1-20-14(19)9-21-13-8-4-7-12-15(13)16(17)10-5-2-3-6-11(10)18-12/h2-3,5-6,13H,4,7-9H2,1H3,(H2,17,18). The molecule has 0 spiro atoms. The minimum Gasteiger partial charge on any atom is -0.468 e. The number of aromatic nitrogens is 1. The summed E-state index contributed by atoms with van der Waals surface area (Å²) < 4.78 is 4.72. The van der Waals surface area contributed by atoms with Gasteiger partial charge in [0.15, 0.2) is 0 Å². The van der Waals surface area contributed by atoms with Gasteiger partial charge >= 0.3 is 5.97 Å². The van der Waals surface area contributed by atoms with E-state index in [-0.39, 0.29) is 11.2 Å². The second kappa shape index (κ2) is 5.93. The number of nitrogen functional groups attached to an aromatic ring is 1. The van der Waals surface area contributed by atoms with Crippen molar-refractivity contribution in [3.8, 4) is 0 Å². The Kier molecular flexibility index (Phi) is 4.01. The van der Waals surface area contributed by atoms with Gasteiger partial charge in [0.1, 0.15) is 0 Å². The lowest BCUT2D eigenvalue weighted by Crippen LogP contribution is -2.15. The van der Waals surface area contributed by atoms with Crippen molar-refractivity contribution in [3.63, 3.8) is 0 Å². The Morgan fingerprint density at radius 3 is 3.10 bits per heavy atom. The van der Waals surface area contributed by atoms with Crippen LogP contribution in [0.4, 0.5) is 5.69 Å². The van der Waals surface area contributed by atoms with E-state index in [4.69, 9.17) is 15.5 Å². The highest BCUT2D eigenvalue weighted by Crippen LogP contribution is 2.44. The average molecular weight is 302 g/mol. The molecule has 1 aliphatic carbocycles. The number of carbonyl (C=O) groups is 1. The first-order chi connectivity index (χ1) is 10.2. The molecule has 110 valence electrons. The Bertz CT molecular complexity index is 687. The fourth-order valence-electron chi connectivity index (χ4n) is 2.85. The molecule has 0 radical (unpaired) electrons. The van der Waals surface area contributed by atoms with E-state index in [1.54, 1.807) is 11.8 Å². The van der Waals surface area contributed by atoms with Crippen LogP contribution in [0, 0.1) is 0 Å². The van der Waals surface area contributed by atoms with Crippen molar-refractivity contribution >= 4 is 34.3 Å². The quantitative estimate of drug-likeness (QED) is 0.883. The number of methoxy groups -OCH3 is 1. The van der Waals surface area contributed by atoms with Gasteiger partial charge in [0.2, 0.25) is 0 Å². The fraction of sp³-hybridized carbons (Fsp3) is 0.375. The predicted molar refractivity (Wildman–Crippen MR) is 86.3 cm³/mol. The number of hydrogen-bond acceptors (Lipinski definition) is 5. The number of hydrogen-bond donors (Lipinski definition) is 1. The average Bonchev–Trinajstić information content (AvgIpc) is 2.52. The van der Waals surface area contributed by atoms with Crippen LogP contribution in [0.25, 0.3) is 10.9 Å². The first kappa shape index (κ1) is 14.2. The van der Waals surface area contributed by atoms with Crippen molar-refractivity contribution in [2.45, 2.75) is 24.5 Å². The number of ether oxygens (including phenoxy) is 1. The minimum atomic E-state index is -0.195. The Morgan fingerprint density at radius 2 is 2.29 bits per heavy atom. The molecular weight excluding hydrogens is 284 g/mol. The summed E-state index contributed by atoms with van der Waals surface area (Å²) in [5.41, 5.74) is 10.4. The molecule has 2 N–H and O–H groups in total. The van der Waals surface area contributed by atoms with Gasteiger partial charge in [-0.1, -0.05) is 18.2 Å². The molecule has 0 amide bonds. The molecular formula is C16H18N2O2S. The number of esters is 1. The highest BCUT2D eigenvalue weighted by atomic mass is 32.2. The van der Waals surface area contributed by atoms with Gasteiger partial charge in [-0.2, -0.15) is 0 Å². The number of nitrogens with zero attached hydrogens (tertiary/aromatic N) is 1. The number of carbonyl (C=O) groups excluding carboxylic acids is 1. The van der Waals surface area contributed by atoms with Crippen LogP contribution in [0.5, 0.6) is 0 Å². The van der Waals surface area contributed by atoms with Crippen LogP contribution in [0.15, 0.2) is 24.3 Å². The SMILES string of the molecule is COC(=O)CSC1CCCc2nc3ccccc3c(N)c21. The fourth-order valence-corrected chi connectivity index (χ4v) is 4.07. The number of nitrogens with two attached hydrogens (primary N) is 1. The molecule has 0 saturated carbocycles. The lowest BCUT2D eigenvalue weighted by Gasteiger charge is -2.26. The molecule has 1 aliphatic rings. The van der Waals surface area contributed by atoms with E-state index in [1.807, 2.05) is 24.3 Å². The molecule has 2 aromatic rings. The van der Waals surface area contributed by atoms with Crippen LogP contribution in [0.3, 0.4) is 0 Å². The summed E-state index contributed by atoms with van der Waals surface area (Å²) in [5, 5.41) is 1.23. The highest BCUT2D eigenvalue weighted by molar-refractivity contribution is 8.00. The van der Waals surface area contributed by atoms with Gasteiger partial charge in [0.25, 0.3) is 0 Å². The van der Waals surface area contributed by atoms with Gasteiger partial charge in [0, 0.05) is 27.6 Å². The lowest BCUT2D eigenvalue weighted by molar-refractivity contribution is -0.137. The molecule has 1 aromatic carbocycles. The summed E-state index contributed by atoms with van der Waals surface area (Å²) in [5.74, 6) is 0.159. The first-order valence-corrected chi connectivity index (χ1v) is 8.11. The number of benzene rings is 1. The Balaban J connectivity index is 1.99. The molecule has 1 aromatic heterocycles. The van der Waals surface area contributed by atoms with Crippen molar-refractivity contribution in [3.05, 3.63) is 35.5 Å². The maximum Gasteiger partial charge on any atom is 0.315 e. The maximum absolute atomic E-state index is 11.4. The van der Waals surface area contributed by atoms with E-state index in [0.717, 1.165) is 47.1 Å². The summed E-state index contributed by atoms with van der Waals surface area (Å²) in [6.45, 7) is 0. The van der Waals surface area contributed by atoms with Crippen LogP contribution in [-0.4, -0.2) is 23.8 Å². The molecule has 0 aliphatic heterocycles. The summed E-state index contributed by atoms with van der Waals surface area (Å²) >= 11 is 1.60. The molecule has 1 unspecified atom stereocenters. The van der Waals surface area contributed by atoms with E-state index >= 15 is 0 Å². The zero-order chi connectivity index (χ0) is 14.8. The van der Waals surface area contributed by atoms with E-state index in [0.29, 0.717) is 5.75 Å². The normalized spacial score (nSPS) is 17.5. The molecule has 21 heavy (non-hydrogen) atoms. The third-order valence-corrected chi connectivity index (χ3v) is 5.16.